The first-order valence-corrected chi connectivity index (χ1v) is 11.0. The molecular formula is C26H32FNO5. The first-order chi connectivity index (χ1) is 15.4. The lowest BCUT2D eigenvalue weighted by Crippen LogP contribution is -2.50. The highest BCUT2D eigenvalue weighted by molar-refractivity contribution is 5.73. The Balaban J connectivity index is 2.05. The van der Waals surface area contributed by atoms with E-state index in [-0.39, 0.29) is 17.1 Å². The Bertz CT molecular complexity index is 1010. The first kappa shape index (κ1) is 24.7. The molecule has 2 aromatic carbocycles. The molecule has 0 radical (unpaired) electrons. The molecule has 0 aliphatic carbocycles. The second-order valence-electron chi connectivity index (χ2n) is 10.0. The van der Waals surface area contributed by atoms with E-state index in [0.29, 0.717) is 18.6 Å². The first-order valence-electron chi connectivity index (χ1n) is 11.0. The maximum absolute atomic E-state index is 13.5. The maximum Gasteiger partial charge on any atom is 0.341 e. The Kier molecular flexibility index (Phi) is 7.12. The topological polar surface area (TPSA) is 84.9 Å². The molecule has 6 nitrogen and oxygen atoms in total. The van der Waals surface area contributed by atoms with Crippen LogP contribution in [0.2, 0.25) is 0 Å². The lowest BCUT2D eigenvalue weighted by atomic mass is 9.79. The normalized spacial score (nSPS) is 23.1. The molecule has 0 unspecified atom stereocenters. The molecule has 178 valence electrons. The predicted molar refractivity (Wildman–Crippen MR) is 123 cm³/mol. The molecule has 0 spiro atoms. The van der Waals surface area contributed by atoms with Crippen LogP contribution in [-0.4, -0.2) is 29.1 Å². The van der Waals surface area contributed by atoms with E-state index < -0.39 is 30.3 Å². The van der Waals surface area contributed by atoms with Crippen molar-refractivity contribution in [3.05, 3.63) is 65.0 Å². The van der Waals surface area contributed by atoms with E-state index in [9.17, 15) is 14.0 Å². The van der Waals surface area contributed by atoms with Gasteiger partial charge in [0.05, 0.1) is 12.2 Å². The summed E-state index contributed by atoms with van der Waals surface area (Å²) >= 11 is 0. The van der Waals surface area contributed by atoms with Crippen molar-refractivity contribution in [2.24, 2.45) is 0 Å². The number of hydrogen-bond acceptors (Lipinski definition) is 4. The van der Waals surface area contributed by atoms with Crippen molar-refractivity contribution in [1.82, 2.24) is 5.32 Å². The second kappa shape index (κ2) is 9.51. The van der Waals surface area contributed by atoms with Crippen LogP contribution in [-0.2, 0) is 19.7 Å². The molecule has 0 bridgehead atoms. The van der Waals surface area contributed by atoms with Gasteiger partial charge >= 0.3 is 5.97 Å². The summed E-state index contributed by atoms with van der Waals surface area (Å²) in [5, 5.41) is 12.2. The Hall–Kier alpha value is -2.93. The summed E-state index contributed by atoms with van der Waals surface area (Å²) in [6.45, 7) is 9.24. The number of amides is 1. The number of ether oxygens (including phenoxy) is 2. The van der Waals surface area contributed by atoms with Crippen LogP contribution in [0.3, 0.4) is 0 Å². The van der Waals surface area contributed by atoms with Crippen molar-refractivity contribution in [2.75, 3.05) is 6.61 Å². The van der Waals surface area contributed by atoms with E-state index >= 15 is 0 Å². The van der Waals surface area contributed by atoms with Crippen molar-refractivity contribution in [1.29, 1.82) is 0 Å². The van der Waals surface area contributed by atoms with Gasteiger partial charge in [-0.1, -0.05) is 39.0 Å². The summed E-state index contributed by atoms with van der Waals surface area (Å²) in [4.78, 5) is 23.1. The van der Waals surface area contributed by atoms with Gasteiger partial charge in [-0.2, -0.15) is 0 Å². The summed E-state index contributed by atoms with van der Waals surface area (Å²) in [5.74, 6) is -1.13. The second-order valence-corrected chi connectivity index (χ2v) is 10.0. The number of carbonyl (C=O) groups is 2. The minimum atomic E-state index is -1.07. The molecule has 1 saturated heterocycles. The number of hydrogen-bond donors (Lipinski definition) is 2. The van der Waals surface area contributed by atoms with Gasteiger partial charge in [-0.05, 0) is 47.7 Å². The molecule has 0 saturated carbocycles. The zero-order chi connectivity index (χ0) is 24.4. The number of nitrogens with one attached hydrogen (secondary N) is 1. The summed E-state index contributed by atoms with van der Waals surface area (Å²) in [6.07, 6.45) is 0.115. The van der Waals surface area contributed by atoms with Crippen molar-refractivity contribution < 1.29 is 28.6 Å². The molecule has 1 aliphatic rings. The van der Waals surface area contributed by atoms with E-state index in [1.807, 2.05) is 19.1 Å². The van der Waals surface area contributed by atoms with Crippen LogP contribution in [0.1, 0.15) is 76.4 Å². The van der Waals surface area contributed by atoms with E-state index in [1.165, 1.54) is 19.1 Å². The number of benzene rings is 2. The monoisotopic (exact) mass is 457 g/mol. The molecule has 33 heavy (non-hydrogen) atoms. The molecular weight excluding hydrogens is 425 g/mol. The van der Waals surface area contributed by atoms with Gasteiger partial charge in [0.15, 0.2) is 6.61 Å². The molecule has 1 aliphatic heterocycles. The molecule has 1 heterocycles. The van der Waals surface area contributed by atoms with Crippen LogP contribution in [0.5, 0.6) is 5.75 Å². The zero-order valence-electron chi connectivity index (χ0n) is 19.8. The van der Waals surface area contributed by atoms with Crippen molar-refractivity contribution in [3.8, 4) is 5.75 Å². The Morgan fingerprint density at radius 1 is 1.15 bits per heavy atom. The van der Waals surface area contributed by atoms with E-state index in [1.54, 1.807) is 18.2 Å². The number of rotatable bonds is 6. The summed E-state index contributed by atoms with van der Waals surface area (Å²) in [6, 6.07) is 11.8. The maximum atomic E-state index is 13.5. The molecule has 3 rings (SSSR count). The van der Waals surface area contributed by atoms with Crippen molar-refractivity contribution in [3.63, 3.8) is 0 Å². The predicted octanol–water partition coefficient (Wildman–Crippen LogP) is 5.07. The third kappa shape index (κ3) is 6.32. The fourth-order valence-electron chi connectivity index (χ4n) is 4.32. The molecule has 3 atom stereocenters. The van der Waals surface area contributed by atoms with Crippen LogP contribution >= 0.6 is 0 Å². The van der Waals surface area contributed by atoms with Crippen LogP contribution in [0.4, 0.5) is 4.39 Å². The minimum absolute atomic E-state index is 0.147. The Morgan fingerprint density at radius 2 is 1.79 bits per heavy atom. The molecule has 2 aromatic rings. The van der Waals surface area contributed by atoms with Gasteiger partial charge in [-0.3, -0.25) is 4.79 Å². The van der Waals surface area contributed by atoms with E-state index in [2.05, 4.69) is 26.1 Å². The van der Waals surface area contributed by atoms with Crippen LogP contribution in [0.15, 0.2) is 42.5 Å². The molecule has 1 amide bonds. The van der Waals surface area contributed by atoms with Gasteiger partial charge in [0.25, 0.3) is 0 Å². The van der Waals surface area contributed by atoms with Gasteiger partial charge in [-0.15, -0.1) is 0 Å². The quantitative estimate of drug-likeness (QED) is 0.632. The number of halogens is 1. The van der Waals surface area contributed by atoms with Crippen molar-refractivity contribution in [2.45, 2.75) is 70.6 Å². The third-order valence-corrected chi connectivity index (χ3v) is 5.89. The summed E-state index contributed by atoms with van der Waals surface area (Å²) in [7, 11) is 0. The lowest BCUT2D eigenvalue weighted by molar-refractivity contribution is -0.139. The van der Waals surface area contributed by atoms with Gasteiger partial charge in [0.1, 0.15) is 11.6 Å². The standard InChI is InChI=1S/C26H32FNO5/c1-16(29)28-26(5)13-22(17-6-9-19(27)10-7-17)33-23(14-26)20-12-18(25(2,3)4)8-11-21(20)32-15-24(30)31/h6-12,22-23H,13-15H2,1-5H3,(H,28,29)(H,30,31)/t22-,23+,26-/m0/s1. The number of carboxylic acid groups (broad SMARTS) is 1. The van der Waals surface area contributed by atoms with Crippen LogP contribution in [0, 0.1) is 5.82 Å². The largest absolute Gasteiger partial charge is 0.482 e. The molecule has 7 heteroatoms. The van der Waals surface area contributed by atoms with Gasteiger partial charge in [-0.25, -0.2) is 9.18 Å². The van der Waals surface area contributed by atoms with Crippen LogP contribution < -0.4 is 10.1 Å². The Morgan fingerprint density at radius 3 is 2.36 bits per heavy atom. The van der Waals surface area contributed by atoms with E-state index in [0.717, 1.165) is 16.7 Å². The summed E-state index contributed by atoms with van der Waals surface area (Å²) < 4.78 is 25.6. The average Bonchev–Trinajstić information content (AvgIpc) is 2.70. The number of carbonyl (C=O) groups excluding carboxylic acids is 1. The third-order valence-electron chi connectivity index (χ3n) is 5.89. The lowest BCUT2D eigenvalue weighted by Gasteiger charge is -2.43. The fraction of sp³-hybridized carbons (Fsp3) is 0.462. The van der Waals surface area contributed by atoms with Gasteiger partial charge in [0, 0.05) is 30.9 Å². The number of carboxylic acids is 1. The van der Waals surface area contributed by atoms with E-state index in [4.69, 9.17) is 14.6 Å². The van der Waals surface area contributed by atoms with Crippen LogP contribution in [0.25, 0.3) is 0 Å². The highest BCUT2D eigenvalue weighted by Crippen LogP contribution is 2.46. The fourth-order valence-corrected chi connectivity index (χ4v) is 4.32. The van der Waals surface area contributed by atoms with Crippen molar-refractivity contribution >= 4 is 11.9 Å². The highest BCUT2D eigenvalue weighted by Gasteiger charge is 2.41. The number of aliphatic carboxylic acids is 1. The minimum Gasteiger partial charge on any atom is -0.482 e. The smallest absolute Gasteiger partial charge is 0.341 e. The molecule has 0 aromatic heterocycles. The van der Waals surface area contributed by atoms with Gasteiger partial charge in [0.2, 0.25) is 5.91 Å². The molecule has 2 N–H and O–H groups in total. The highest BCUT2D eigenvalue weighted by atomic mass is 19.1. The Labute approximate surface area is 194 Å². The SMILES string of the molecule is CC(=O)N[C@@]1(C)C[C@@H](c2ccc(F)cc2)O[C@@H](c2cc(C(C)(C)C)ccc2OCC(=O)O)C1. The molecule has 1 fully saturated rings. The average molecular weight is 458 g/mol. The summed E-state index contributed by atoms with van der Waals surface area (Å²) in [5.41, 5.74) is 1.85. The van der Waals surface area contributed by atoms with Gasteiger partial charge < -0.3 is 19.9 Å². The zero-order valence-corrected chi connectivity index (χ0v) is 19.8.